The highest BCUT2D eigenvalue weighted by Gasteiger charge is 2.32. The number of hydrogen-bond donors (Lipinski definition) is 0. The minimum absolute atomic E-state index is 0.0893. The maximum atomic E-state index is 13.5. The molecule has 4 nitrogen and oxygen atoms in total. The van der Waals surface area contributed by atoms with E-state index in [-0.39, 0.29) is 11.9 Å². The molecular weight excluding hydrogens is 384 g/mol. The van der Waals surface area contributed by atoms with E-state index in [2.05, 4.69) is 54.1 Å². The van der Waals surface area contributed by atoms with Crippen LogP contribution in [0, 0.1) is 0 Å². The summed E-state index contributed by atoms with van der Waals surface area (Å²) in [5.74, 6) is 0.945. The normalized spacial score (nSPS) is 15.5. The number of aromatic nitrogens is 1. The van der Waals surface area contributed by atoms with Gasteiger partial charge in [-0.25, -0.2) is 0 Å². The molecule has 162 valence electrons. The van der Waals surface area contributed by atoms with Crippen LogP contribution in [0.25, 0.3) is 0 Å². The predicted octanol–water partition coefficient (Wildman–Crippen LogP) is 5.86. The number of amides is 1. The van der Waals surface area contributed by atoms with Gasteiger partial charge in [0.2, 0.25) is 0 Å². The van der Waals surface area contributed by atoms with Gasteiger partial charge >= 0.3 is 0 Å². The van der Waals surface area contributed by atoms with Crippen molar-refractivity contribution in [2.45, 2.75) is 52.1 Å². The molecule has 1 atom stereocenters. The molecular formula is C27H32N2O2. The molecule has 4 heteroatoms. The third kappa shape index (κ3) is 4.68. The molecule has 1 aliphatic heterocycles. The second kappa shape index (κ2) is 9.86. The molecule has 0 saturated heterocycles. The Morgan fingerprint density at radius 1 is 0.968 bits per heavy atom. The van der Waals surface area contributed by atoms with Gasteiger partial charge in [0, 0.05) is 30.5 Å². The number of ether oxygens (including phenoxy) is 1. The molecule has 0 N–H and O–H groups in total. The van der Waals surface area contributed by atoms with E-state index in [1.165, 1.54) is 24.8 Å². The van der Waals surface area contributed by atoms with Crippen LogP contribution in [-0.4, -0.2) is 28.5 Å². The van der Waals surface area contributed by atoms with Crippen LogP contribution >= 0.6 is 0 Å². The van der Waals surface area contributed by atoms with Gasteiger partial charge in [0.05, 0.1) is 12.6 Å². The molecule has 1 amide bonds. The standard InChI is InChI=1S/C27H32N2O2/c1-3-5-6-8-21-10-12-23(13-11-21)27(30)29-20-19-28-18-7-9-25(28)26(29)22-14-16-24(17-15-22)31-4-2/h7,9-18,26H,3-6,8,19-20H2,1-2H3. The number of aryl methyl sites for hydroxylation is 1. The third-order valence-corrected chi connectivity index (χ3v) is 6.08. The van der Waals surface area contributed by atoms with Crippen LogP contribution in [0.15, 0.2) is 66.9 Å². The van der Waals surface area contributed by atoms with Crippen molar-refractivity contribution in [3.8, 4) is 5.75 Å². The first kappa shape index (κ1) is 21.2. The summed E-state index contributed by atoms with van der Waals surface area (Å²) in [6, 6.07) is 20.4. The summed E-state index contributed by atoms with van der Waals surface area (Å²) in [5.41, 5.74) is 4.32. The van der Waals surface area contributed by atoms with Gasteiger partial charge < -0.3 is 14.2 Å². The van der Waals surface area contributed by atoms with E-state index in [9.17, 15) is 4.79 Å². The molecule has 31 heavy (non-hydrogen) atoms. The highest BCUT2D eigenvalue weighted by atomic mass is 16.5. The molecule has 0 aliphatic carbocycles. The monoisotopic (exact) mass is 416 g/mol. The SMILES string of the molecule is CCCCCc1ccc(C(=O)N2CCn3cccc3C2c2ccc(OCC)cc2)cc1. The third-order valence-electron chi connectivity index (χ3n) is 6.08. The lowest BCUT2D eigenvalue weighted by atomic mass is 9.98. The summed E-state index contributed by atoms with van der Waals surface area (Å²) < 4.78 is 7.86. The summed E-state index contributed by atoms with van der Waals surface area (Å²) in [7, 11) is 0. The van der Waals surface area contributed by atoms with E-state index in [0.29, 0.717) is 13.2 Å². The minimum Gasteiger partial charge on any atom is -0.494 e. The van der Waals surface area contributed by atoms with Crippen molar-refractivity contribution in [1.82, 2.24) is 9.47 Å². The zero-order valence-corrected chi connectivity index (χ0v) is 18.6. The average Bonchev–Trinajstić information content (AvgIpc) is 3.28. The summed E-state index contributed by atoms with van der Waals surface area (Å²) in [6.45, 7) is 6.35. The van der Waals surface area contributed by atoms with Gasteiger partial charge in [-0.2, -0.15) is 0 Å². The Morgan fingerprint density at radius 3 is 2.45 bits per heavy atom. The van der Waals surface area contributed by atoms with Gasteiger partial charge in [-0.15, -0.1) is 0 Å². The topological polar surface area (TPSA) is 34.5 Å². The Bertz CT molecular complexity index is 989. The number of benzene rings is 2. The van der Waals surface area contributed by atoms with Gasteiger partial charge in [-0.3, -0.25) is 4.79 Å². The van der Waals surface area contributed by atoms with Gasteiger partial charge in [-0.1, -0.05) is 44.0 Å². The Balaban J connectivity index is 1.59. The number of carbonyl (C=O) groups excluding carboxylic acids is 1. The van der Waals surface area contributed by atoms with Crippen LogP contribution in [0.2, 0.25) is 0 Å². The van der Waals surface area contributed by atoms with Crippen LogP contribution in [0.5, 0.6) is 5.75 Å². The van der Waals surface area contributed by atoms with E-state index < -0.39 is 0 Å². The molecule has 1 unspecified atom stereocenters. The van der Waals surface area contributed by atoms with Crippen LogP contribution in [0.3, 0.4) is 0 Å². The van der Waals surface area contributed by atoms with Crippen LogP contribution < -0.4 is 4.74 Å². The fourth-order valence-corrected chi connectivity index (χ4v) is 4.42. The molecule has 0 fully saturated rings. The molecule has 0 bridgehead atoms. The predicted molar refractivity (Wildman–Crippen MR) is 125 cm³/mol. The molecule has 2 heterocycles. The summed E-state index contributed by atoms with van der Waals surface area (Å²) >= 11 is 0. The number of fused-ring (bicyclic) bond motifs is 1. The van der Waals surface area contributed by atoms with Crippen LogP contribution in [0.4, 0.5) is 0 Å². The van der Waals surface area contributed by atoms with Gasteiger partial charge in [0.1, 0.15) is 5.75 Å². The number of unbranched alkanes of at least 4 members (excludes halogenated alkanes) is 2. The molecule has 0 saturated carbocycles. The molecule has 3 aromatic rings. The van der Waals surface area contributed by atoms with Crippen molar-refractivity contribution in [1.29, 1.82) is 0 Å². The first-order chi connectivity index (χ1) is 15.2. The van der Waals surface area contributed by atoms with Crippen LogP contribution in [-0.2, 0) is 13.0 Å². The van der Waals surface area contributed by atoms with Gasteiger partial charge in [0.15, 0.2) is 0 Å². The zero-order valence-electron chi connectivity index (χ0n) is 18.6. The highest BCUT2D eigenvalue weighted by molar-refractivity contribution is 5.94. The Kier molecular flexibility index (Phi) is 6.76. The van der Waals surface area contributed by atoms with Crippen molar-refractivity contribution >= 4 is 5.91 Å². The van der Waals surface area contributed by atoms with E-state index in [1.807, 2.05) is 36.1 Å². The molecule has 4 rings (SSSR count). The summed E-state index contributed by atoms with van der Waals surface area (Å²) in [5, 5.41) is 0. The van der Waals surface area contributed by atoms with Gasteiger partial charge in [0.25, 0.3) is 5.91 Å². The lowest BCUT2D eigenvalue weighted by Crippen LogP contribution is -2.42. The maximum absolute atomic E-state index is 13.5. The second-order valence-electron chi connectivity index (χ2n) is 8.18. The van der Waals surface area contributed by atoms with Crippen molar-refractivity contribution < 1.29 is 9.53 Å². The molecule has 1 aromatic heterocycles. The quantitative estimate of drug-likeness (QED) is 0.431. The minimum atomic E-state index is -0.101. The van der Waals surface area contributed by atoms with E-state index >= 15 is 0 Å². The number of hydrogen-bond acceptors (Lipinski definition) is 2. The van der Waals surface area contributed by atoms with E-state index in [1.54, 1.807) is 0 Å². The lowest BCUT2D eigenvalue weighted by molar-refractivity contribution is 0.0664. The summed E-state index contributed by atoms with van der Waals surface area (Å²) in [4.78, 5) is 15.6. The maximum Gasteiger partial charge on any atom is 0.254 e. The zero-order chi connectivity index (χ0) is 21.6. The van der Waals surface area contributed by atoms with Crippen molar-refractivity contribution in [3.63, 3.8) is 0 Å². The van der Waals surface area contributed by atoms with Crippen molar-refractivity contribution in [2.75, 3.05) is 13.2 Å². The molecule has 0 radical (unpaired) electrons. The Hall–Kier alpha value is -3.01. The second-order valence-corrected chi connectivity index (χ2v) is 8.18. The first-order valence-electron chi connectivity index (χ1n) is 11.5. The smallest absolute Gasteiger partial charge is 0.254 e. The fraction of sp³-hybridized carbons (Fsp3) is 0.370. The fourth-order valence-electron chi connectivity index (χ4n) is 4.42. The van der Waals surface area contributed by atoms with E-state index in [4.69, 9.17) is 4.74 Å². The van der Waals surface area contributed by atoms with Gasteiger partial charge in [-0.05, 0) is 67.3 Å². The van der Waals surface area contributed by atoms with Crippen LogP contribution in [0.1, 0.15) is 66.3 Å². The molecule has 1 aliphatic rings. The Labute approximate surface area is 185 Å². The average molecular weight is 417 g/mol. The largest absolute Gasteiger partial charge is 0.494 e. The number of nitrogens with zero attached hydrogens (tertiary/aromatic N) is 2. The number of carbonyl (C=O) groups is 1. The molecule has 0 spiro atoms. The van der Waals surface area contributed by atoms with E-state index in [0.717, 1.165) is 35.5 Å². The summed E-state index contributed by atoms with van der Waals surface area (Å²) in [6.07, 6.45) is 6.85. The lowest BCUT2D eigenvalue weighted by Gasteiger charge is -2.37. The van der Waals surface area contributed by atoms with Crippen molar-refractivity contribution in [2.24, 2.45) is 0 Å². The van der Waals surface area contributed by atoms with Crippen molar-refractivity contribution in [3.05, 3.63) is 89.2 Å². The first-order valence-corrected chi connectivity index (χ1v) is 11.5. The highest BCUT2D eigenvalue weighted by Crippen LogP contribution is 2.34. The molecule has 2 aromatic carbocycles. The number of rotatable bonds is 8. The Morgan fingerprint density at radius 2 is 1.74 bits per heavy atom.